The fourth-order valence-electron chi connectivity index (χ4n) is 1.63. The van der Waals surface area contributed by atoms with Gasteiger partial charge in [-0.3, -0.25) is 0 Å². The molecule has 2 rings (SSSR count). The van der Waals surface area contributed by atoms with Crippen molar-refractivity contribution >= 4 is 39.2 Å². The van der Waals surface area contributed by atoms with Gasteiger partial charge in [0.15, 0.2) is 0 Å². The quantitative estimate of drug-likeness (QED) is 0.887. The Kier molecular flexibility index (Phi) is 5.06. The number of halogens is 2. The van der Waals surface area contributed by atoms with Gasteiger partial charge in [0.05, 0.1) is 0 Å². The fraction of sp³-hybridized carbons (Fsp3) is 0.167. The highest BCUT2D eigenvalue weighted by molar-refractivity contribution is 9.11. The SMILES string of the molecule is C=C(Br)CNCc1cccc2cc[nH]c12.Cl. The maximum atomic E-state index is 3.78. The zero-order valence-corrected chi connectivity index (χ0v) is 11.2. The number of para-hydroxylation sites is 1. The van der Waals surface area contributed by atoms with Gasteiger partial charge in [0.1, 0.15) is 0 Å². The smallest absolute Gasteiger partial charge is 0.0499 e. The molecular weight excluding hydrogens is 288 g/mol. The molecule has 0 unspecified atom stereocenters. The summed E-state index contributed by atoms with van der Waals surface area (Å²) in [7, 11) is 0. The Morgan fingerprint density at radius 2 is 2.19 bits per heavy atom. The van der Waals surface area contributed by atoms with Gasteiger partial charge in [0, 0.05) is 29.3 Å². The first kappa shape index (κ1) is 13.3. The summed E-state index contributed by atoms with van der Waals surface area (Å²) < 4.78 is 0.973. The summed E-state index contributed by atoms with van der Waals surface area (Å²) in [6.45, 7) is 5.42. The second kappa shape index (κ2) is 6.09. The van der Waals surface area contributed by atoms with Crippen molar-refractivity contribution in [1.29, 1.82) is 0 Å². The van der Waals surface area contributed by atoms with E-state index in [-0.39, 0.29) is 12.4 Å². The third kappa shape index (κ3) is 3.11. The first-order valence-electron chi connectivity index (χ1n) is 4.86. The molecule has 0 aliphatic rings. The highest BCUT2D eigenvalue weighted by atomic mass is 79.9. The standard InChI is InChI=1S/C12H13BrN2.ClH/c1-9(13)7-14-8-11-4-2-3-10-5-6-15-12(10)11;/h2-6,14-15H,1,7-8H2;1H. The van der Waals surface area contributed by atoms with Gasteiger partial charge in [-0.2, -0.15) is 0 Å². The lowest BCUT2D eigenvalue weighted by atomic mass is 10.1. The Hall–Kier alpha value is -0.770. The third-order valence-corrected chi connectivity index (χ3v) is 2.59. The highest BCUT2D eigenvalue weighted by Gasteiger charge is 2.00. The van der Waals surface area contributed by atoms with E-state index in [1.54, 1.807) is 0 Å². The van der Waals surface area contributed by atoms with Crippen LogP contribution in [0, 0.1) is 0 Å². The van der Waals surface area contributed by atoms with Crippen molar-refractivity contribution in [3.8, 4) is 0 Å². The predicted octanol–water partition coefficient (Wildman–Crippen LogP) is 3.59. The predicted molar refractivity (Wildman–Crippen MR) is 75.3 cm³/mol. The number of nitrogens with one attached hydrogen (secondary N) is 2. The lowest BCUT2D eigenvalue weighted by Crippen LogP contribution is -2.14. The molecule has 0 atom stereocenters. The van der Waals surface area contributed by atoms with E-state index in [2.05, 4.69) is 57.1 Å². The van der Waals surface area contributed by atoms with Crippen molar-refractivity contribution < 1.29 is 0 Å². The third-order valence-electron chi connectivity index (χ3n) is 2.31. The molecule has 4 heteroatoms. The molecule has 0 radical (unpaired) electrons. The van der Waals surface area contributed by atoms with Gasteiger partial charge in [0.2, 0.25) is 0 Å². The molecule has 0 bridgehead atoms. The van der Waals surface area contributed by atoms with Crippen molar-refractivity contribution in [3.63, 3.8) is 0 Å². The monoisotopic (exact) mass is 300 g/mol. The van der Waals surface area contributed by atoms with E-state index in [0.717, 1.165) is 17.6 Å². The molecule has 2 aromatic rings. The van der Waals surface area contributed by atoms with Gasteiger partial charge in [0.25, 0.3) is 0 Å². The molecule has 0 aliphatic heterocycles. The second-order valence-electron chi connectivity index (χ2n) is 3.48. The fourth-order valence-corrected chi connectivity index (χ4v) is 1.83. The minimum absolute atomic E-state index is 0. The minimum atomic E-state index is 0. The van der Waals surface area contributed by atoms with Crippen molar-refractivity contribution in [2.24, 2.45) is 0 Å². The normalized spacial score (nSPS) is 10.1. The first-order valence-corrected chi connectivity index (χ1v) is 5.65. The lowest BCUT2D eigenvalue weighted by Gasteiger charge is -2.05. The molecule has 1 aromatic carbocycles. The van der Waals surface area contributed by atoms with Crippen LogP contribution in [0.2, 0.25) is 0 Å². The van der Waals surface area contributed by atoms with Crippen LogP contribution >= 0.6 is 28.3 Å². The number of fused-ring (bicyclic) bond motifs is 1. The lowest BCUT2D eigenvalue weighted by molar-refractivity contribution is 0.760. The largest absolute Gasteiger partial charge is 0.361 e. The van der Waals surface area contributed by atoms with Gasteiger partial charge in [-0.15, -0.1) is 12.4 Å². The van der Waals surface area contributed by atoms with Gasteiger partial charge in [-0.25, -0.2) is 0 Å². The number of aromatic nitrogens is 1. The van der Waals surface area contributed by atoms with Gasteiger partial charge in [-0.05, 0) is 17.0 Å². The van der Waals surface area contributed by atoms with Crippen LogP contribution in [-0.4, -0.2) is 11.5 Å². The van der Waals surface area contributed by atoms with Crippen LogP contribution in [0.4, 0.5) is 0 Å². The average Bonchev–Trinajstić information content (AvgIpc) is 2.65. The number of hydrogen-bond acceptors (Lipinski definition) is 1. The summed E-state index contributed by atoms with van der Waals surface area (Å²) >= 11 is 3.33. The highest BCUT2D eigenvalue weighted by Crippen LogP contribution is 2.16. The molecule has 2 N–H and O–H groups in total. The van der Waals surface area contributed by atoms with Gasteiger partial charge < -0.3 is 10.3 Å². The minimum Gasteiger partial charge on any atom is -0.361 e. The Morgan fingerprint density at radius 3 is 2.94 bits per heavy atom. The molecule has 86 valence electrons. The molecule has 1 heterocycles. The molecule has 0 saturated heterocycles. The summed E-state index contributed by atoms with van der Waals surface area (Å²) in [6.07, 6.45) is 1.97. The zero-order chi connectivity index (χ0) is 10.7. The molecule has 1 aromatic heterocycles. The van der Waals surface area contributed by atoms with E-state index in [9.17, 15) is 0 Å². The van der Waals surface area contributed by atoms with Crippen LogP contribution in [-0.2, 0) is 6.54 Å². The molecular formula is C12H14BrClN2. The summed E-state index contributed by atoms with van der Waals surface area (Å²) in [5, 5.41) is 4.57. The summed E-state index contributed by atoms with van der Waals surface area (Å²) in [4.78, 5) is 3.25. The Bertz CT molecular complexity index is 479. The molecule has 0 spiro atoms. The van der Waals surface area contributed by atoms with Crippen LogP contribution in [0.3, 0.4) is 0 Å². The van der Waals surface area contributed by atoms with E-state index in [1.165, 1.54) is 16.5 Å². The number of H-pyrrole nitrogens is 1. The van der Waals surface area contributed by atoms with Crippen LogP contribution in [0.15, 0.2) is 41.5 Å². The summed E-state index contributed by atoms with van der Waals surface area (Å²) in [5.41, 5.74) is 2.50. The summed E-state index contributed by atoms with van der Waals surface area (Å²) in [6, 6.07) is 8.40. The van der Waals surface area contributed by atoms with E-state index < -0.39 is 0 Å². The maximum Gasteiger partial charge on any atom is 0.0499 e. The Labute approximate surface area is 110 Å². The maximum absolute atomic E-state index is 3.78. The zero-order valence-electron chi connectivity index (χ0n) is 8.79. The number of benzene rings is 1. The Morgan fingerprint density at radius 1 is 1.38 bits per heavy atom. The molecule has 0 saturated carbocycles. The van der Waals surface area contributed by atoms with E-state index in [1.807, 2.05) is 6.20 Å². The van der Waals surface area contributed by atoms with Crippen molar-refractivity contribution in [2.45, 2.75) is 6.54 Å². The number of rotatable bonds is 4. The van der Waals surface area contributed by atoms with Crippen LogP contribution in [0.1, 0.15) is 5.56 Å². The van der Waals surface area contributed by atoms with Crippen molar-refractivity contribution in [1.82, 2.24) is 10.3 Å². The molecule has 0 aliphatic carbocycles. The van der Waals surface area contributed by atoms with E-state index in [4.69, 9.17) is 0 Å². The van der Waals surface area contributed by atoms with E-state index >= 15 is 0 Å². The Balaban J connectivity index is 0.00000128. The van der Waals surface area contributed by atoms with Crippen LogP contribution in [0.25, 0.3) is 10.9 Å². The molecule has 0 amide bonds. The van der Waals surface area contributed by atoms with Crippen LogP contribution in [0.5, 0.6) is 0 Å². The second-order valence-corrected chi connectivity index (χ2v) is 4.60. The molecule has 16 heavy (non-hydrogen) atoms. The van der Waals surface area contributed by atoms with Crippen molar-refractivity contribution in [2.75, 3.05) is 6.54 Å². The first-order chi connectivity index (χ1) is 7.27. The molecule has 2 nitrogen and oxygen atoms in total. The van der Waals surface area contributed by atoms with Crippen molar-refractivity contribution in [3.05, 3.63) is 47.1 Å². The topological polar surface area (TPSA) is 27.8 Å². The average molecular weight is 302 g/mol. The summed E-state index contributed by atoms with van der Waals surface area (Å²) in [5.74, 6) is 0. The van der Waals surface area contributed by atoms with E-state index in [0.29, 0.717) is 0 Å². The molecule has 0 fully saturated rings. The van der Waals surface area contributed by atoms with Gasteiger partial charge in [-0.1, -0.05) is 40.7 Å². The number of hydrogen-bond donors (Lipinski definition) is 2. The van der Waals surface area contributed by atoms with Gasteiger partial charge >= 0.3 is 0 Å². The number of aromatic amines is 1. The van der Waals surface area contributed by atoms with Crippen LogP contribution < -0.4 is 5.32 Å².